The molecular formula is C13H22N2O2. The smallest absolute Gasteiger partial charge is 0.183 e. The Hall–Kier alpha value is -1.06. The van der Waals surface area contributed by atoms with Gasteiger partial charge in [0, 0.05) is 12.8 Å². The molecule has 4 nitrogen and oxygen atoms in total. The minimum absolute atomic E-state index is 0.0430. The van der Waals surface area contributed by atoms with Crippen molar-refractivity contribution in [2.24, 2.45) is 9.98 Å². The molecule has 0 spiro atoms. The van der Waals surface area contributed by atoms with Crippen molar-refractivity contribution in [3.63, 3.8) is 0 Å². The van der Waals surface area contributed by atoms with Crippen LogP contribution in [0.15, 0.2) is 9.98 Å². The van der Waals surface area contributed by atoms with E-state index in [1.807, 2.05) is 0 Å². The molecular weight excluding hydrogens is 216 g/mol. The molecule has 0 aliphatic carbocycles. The summed E-state index contributed by atoms with van der Waals surface area (Å²) >= 11 is 0. The summed E-state index contributed by atoms with van der Waals surface area (Å²) in [6, 6.07) is 0. The van der Waals surface area contributed by atoms with Gasteiger partial charge in [0.1, 0.15) is 13.2 Å². The molecule has 0 fully saturated rings. The molecule has 2 rings (SSSR count). The van der Waals surface area contributed by atoms with Gasteiger partial charge in [-0.2, -0.15) is 0 Å². The minimum atomic E-state index is -0.0430. The van der Waals surface area contributed by atoms with Crippen molar-refractivity contribution in [1.82, 2.24) is 0 Å². The fourth-order valence-corrected chi connectivity index (χ4v) is 1.97. The normalized spacial score (nSPS) is 24.9. The number of aliphatic imine (C=N–C) groups is 2. The van der Waals surface area contributed by atoms with Crippen molar-refractivity contribution >= 4 is 11.8 Å². The maximum atomic E-state index is 5.54. The number of rotatable bonds is 4. The lowest BCUT2D eigenvalue weighted by Crippen LogP contribution is -2.17. The van der Waals surface area contributed by atoms with Crippen LogP contribution in [-0.2, 0) is 9.47 Å². The number of hydrogen-bond donors (Lipinski definition) is 0. The van der Waals surface area contributed by atoms with Crippen LogP contribution < -0.4 is 0 Å². The van der Waals surface area contributed by atoms with Crippen LogP contribution >= 0.6 is 0 Å². The molecule has 0 saturated heterocycles. The summed E-state index contributed by atoms with van der Waals surface area (Å²) in [7, 11) is 0. The van der Waals surface area contributed by atoms with Gasteiger partial charge >= 0.3 is 0 Å². The molecule has 2 aliphatic heterocycles. The summed E-state index contributed by atoms with van der Waals surface area (Å²) in [5, 5.41) is 0. The molecule has 96 valence electrons. The highest BCUT2D eigenvalue weighted by Crippen LogP contribution is 2.21. The lowest BCUT2D eigenvalue weighted by molar-refractivity contribution is 0.269. The van der Waals surface area contributed by atoms with E-state index in [0.717, 1.165) is 31.1 Å². The van der Waals surface area contributed by atoms with Crippen LogP contribution in [0, 0.1) is 0 Å². The fraction of sp³-hybridized carbons (Fsp3) is 0.846. The largest absolute Gasteiger partial charge is 0.478 e. The maximum absolute atomic E-state index is 5.54. The fourth-order valence-electron chi connectivity index (χ4n) is 1.97. The van der Waals surface area contributed by atoms with Gasteiger partial charge in [-0.05, 0) is 34.1 Å². The number of ether oxygens (including phenoxy) is 2. The van der Waals surface area contributed by atoms with E-state index < -0.39 is 0 Å². The Kier molecular flexibility index (Phi) is 3.15. The number of nitrogens with zero attached hydrogens (tertiary/aromatic N) is 2. The lowest BCUT2D eigenvalue weighted by Gasteiger charge is -2.07. The molecule has 0 amide bonds. The molecule has 2 aliphatic rings. The summed E-state index contributed by atoms with van der Waals surface area (Å²) in [5.74, 6) is 1.76. The molecule has 0 saturated carbocycles. The van der Waals surface area contributed by atoms with Crippen molar-refractivity contribution in [2.45, 2.75) is 58.0 Å². The first-order valence-corrected chi connectivity index (χ1v) is 6.29. The van der Waals surface area contributed by atoms with E-state index in [1.54, 1.807) is 0 Å². The zero-order valence-corrected chi connectivity index (χ0v) is 11.2. The van der Waals surface area contributed by atoms with Gasteiger partial charge in [-0.1, -0.05) is 0 Å². The molecule has 17 heavy (non-hydrogen) atoms. The van der Waals surface area contributed by atoms with Gasteiger partial charge in [0.2, 0.25) is 0 Å². The Morgan fingerprint density at radius 2 is 1.29 bits per heavy atom. The van der Waals surface area contributed by atoms with Gasteiger partial charge in [-0.3, -0.25) is 0 Å². The van der Waals surface area contributed by atoms with Crippen LogP contribution in [0.25, 0.3) is 0 Å². The molecule has 0 bridgehead atoms. The quantitative estimate of drug-likeness (QED) is 0.755. The zero-order valence-electron chi connectivity index (χ0n) is 11.2. The topological polar surface area (TPSA) is 43.2 Å². The molecule has 0 N–H and O–H groups in total. The van der Waals surface area contributed by atoms with E-state index in [0.29, 0.717) is 13.2 Å². The first-order chi connectivity index (χ1) is 7.86. The van der Waals surface area contributed by atoms with E-state index >= 15 is 0 Å². The third-order valence-electron chi connectivity index (χ3n) is 2.82. The Morgan fingerprint density at radius 1 is 0.882 bits per heavy atom. The third kappa shape index (κ3) is 3.45. The second-order valence-electron chi connectivity index (χ2n) is 6.07. The van der Waals surface area contributed by atoms with Gasteiger partial charge in [-0.25, -0.2) is 9.98 Å². The molecule has 0 unspecified atom stereocenters. The van der Waals surface area contributed by atoms with Crippen molar-refractivity contribution in [3.8, 4) is 0 Å². The number of hydrogen-bond acceptors (Lipinski definition) is 4. The van der Waals surface area contributed by atoms with Crippen LogP contribution in [0.1, 0.15) is 47.0 Å². The van der Waals surface area contributed by atoms with Crippen molar-refractivity contribution in [3.05, 3.63) is 0 Å². The second kappa shape index (κ2) is 4.31. The highest BCUT2D eigenvalue weighted by atomic mass is 16.5. The van der Waals surface area contributed by atoms with Gasteiger partial charge in [-0.15, -0.1) is 0 Å². The van der Waals surface area contributed by atoms with Gasteiger partial charge in [0.25, 0.3) is 0 Å². The zero-order chi connectivity index (χ0) is 12.5. The van der Waals surface area contributed by atoms with Crippen molar-refractivity contribution < 1.29 is 9.47 Å². The standard InChI is InChI=1S/C13H22N2O2/c1-12(2)8-16-10(14-12)6-5-7-11-15-13(3,4)9-17-11/h5-9H2,1-4H3. The average molecular weight is 238 g/mol. The molecule has 0 radical (unpaired) electrons. The first kappa shape index (κ1) is 12.4. The summed E-state index contributed by atoms with van der Waals surface area (Å²) < 4.78 is 11.1. The molecule has 0 aromatic carbocycles. The van der Waals surface area contributed by atoms with Crippen LogP contribution in [0.4, 0.5) is 0 Å². The summed E-state index contributed by atoms with van der Waals surface area (Å²) in [6.45, 7) is 9.76. The van der Waals surface area contributed by atoms with Gasteiger partial charge in [0.05, 0.1) is 11.1 Å². The Balaban J connectivity index is 1.75. The summed E-state index contributed by atoms with van der Waals surface area (Å²) in [5.41, 5.74) is -0.0859. The molecule has 0 aromatic rings. The maximum Gasteiger partial charge on any atom is 0.183 e. The average Bonchev–Trinajstić information content (AvgIpc) is 2.70. The highest BCUT2D eigenvalue weighted by molar-refractivity contribution is 5.81. The summed E-state index contributed by atoms with van der Waals surface area (Å²) in [6.07, 6.45) is 2.75. The summed E-state index contributed by atoms with van der Waals surface area (Å²) in [4.78, 5) is 9.05. The minimum Gasteiger partial charge on any atom is -0.478 e. The van der Waals surface area contributed by atoms with Crippen LogP contribution in [-0.4, -0.2) is 36.1 Å². The first-order valence-electron chi connectivity index (χ1n) is 6.29. The highest BCUT2D eigenvalue weighted by Gasteiger charge is 2.27. The molecule has 0 atom stereocenters. The van der Waals surface area contributed by atoms with Crippen LogP contribution in [0.3, 0.4) is 0 Å². The van der Waals surface area contributed by atoms with E-state index in [2.05, 4.69) is 37.7 Å². The SMILES string of the molecule is CC1(C)COC(CCCC2=NC(C)(C)CO2)=N1. The van der Waals surface area contributed by atoms with E-state index in [-0.39, 0.29) is 11.1 Å². The van der Waals surface area contributed by atoms with E-state index in [9.17, 15) is 0 Å². The van der Waals surface area contributed by atoms with Crippen molar-refractivity contribution in [2.75, 3.05) is 13.2 Å². The third-order valence-corrected chi connectivity index (χ3v) is 2.82. The molecule has 2 heterocycles. The predicted octanol–water partition coefficient (Wildman–Crippen LogP) is 2.57. The van der Waals surface area contributed by atoms with Crippen molar-refractivity contribution in [1.29, 1.82) is 0 Å². The van der Waals surface area contributed by atoms with Gasteiger partial charge < -0.3 is 9.47 Å². The van der Waals surface area contributed by atoms with Gasteiger partial charge in [0.15, 0.2) is 11.8 Å². The Morgan fingerprint density at radius 3 is 1.59 bits per heavy atom. The molecule has 4 heteroatoms. The second-order valence-corrected chi connectivity index (χ2v) is 6.07. The molecule has 0 aromatic heterocycles. The van der Waals surface area contributed by atoms with Crippen LogP contribution in [0.5, 0.6) is 0 Å². The van der Waals surface area contributed by atoms with E-state index in [4.69, 9.17) is 9.47 Å². The Bertz CT molecular complexity index is 322. The van der Waals surface area contributed by atoms with E-state index in [1.165, 1.54) is 0 Å². The lowest BCUT2D eigenvalue weighted by atomic mass is 10.1. The Labute approximate surface area is 103 Å². The predicted molar refractivity (Wildman–Crippen MR) is 68.8 cm³/mol. The van der Waals surface area contributed by atoms with Crippen LogP contribution in [0.2, 0.25) is 0 Å². The monoisotopic (exact) mass is 238 g/mol.